The summed E-state index contributed by atoms with van der Waals surface area (Å²) in [6.07, 6.45) is 6.61. The molecule has 1 saturated carbocycles. The molecule has 0 aromatic rings. The van der Waals surface area contributed by atoms with Gasteiger partial charge >= 0.3 is 5.97 Å². The summed E-state index contributed by atoms with van der Waals surface area (Å²) in [7, 11) is 0. The van der Waals surface area contributed by atoms with Gasteiger partial charge in [-0.3, -0.25) is 9.69 Å². The fourth-order valence-corrected chi connectivity index (χ4v) is 2.31. The third kappa shape index (κ3) is 3.76. The van der Waals surface area contributed by atoms with Crippen LogP contribution in [0.15, 0.2) is 0 Å². The Balaban J connectivity index is 1.75. The number of carboxylic acid groups (broad SMARTS) is 1. The van der Waals surface area contributed by atoms with Crippen LogP contribution in [0.1, 0.15) is 38.5 Å². The molecule has 1 aliphatic carbocycles. The van der Waals surface area contributed by atoms with Gasteiger partial charge in [0.15, 0.2) is 0 Å². The first-order chi connectivity index (χ1) is 7.75. The van der Waals surface area contributed by atoms with Gasteiger partial charge in [-0.25, -0.2) is 0 Å². The van der Waals surface area contributed by atoms with Crippen molar-refractivity contribution in [3.63, 3.8) is 0 Å². The summed E-state index contributed by atoms with van der Waals surface area (Å²) in [6, 6.07) is 0.630. The molecule has 0 spiro atoms. The van der Waals surface area contributed by atoms with E-state index in [0.717, 1.165) is 19.6 Å². The smallest absolute Gasteiger partial charge is 0.304 e. The van der Waals surface area contributed by atoms with E-state index in [0.29, 0.717) is 18.7 Å². The van der Waals surface area contributed by atoms with Crippen molar-refractivity contribution in [2.24, 2.45) is 0 Å². The van der Waals surface area contributed by atoms with E-state index in [4.69, 9.17) is 9.84 Å². The zero-order valence-corrected chi connectivity index (χ0v) is 9.73. The van der Waals surface area contributed by atoms with Crippen molar-refractivity contribution in [1.29, 1.82) is 0 Å². The zero-order valence-electron chi connectivity index (χ0n) is 9.73. The molecule has 16 heavy (non-hydrogen) atoms. The Bertz CT molecular complexity index is 234. The third-order valence-corrected chi connectivity index (χ3v) is 3.39. The average molecular weight is 227 g/mol. The number of hydrogen-bond donors (Lipinski definition) is 1. The molecule has 0 bridgehead atoms. The number of rotatable bonds is 6. The minimum Gasteiger partial charge on any atom is -0.481 e. The average Bonchev–Trinajstić information content (AvgIpc) is 3.09. The summed E-state index contributed by atoms with van der Waals surface area (Å²) in [4.78, 5) is 12.9. The Morgan fingerprint density at radius 3 is 2.69 bits per heavy atom. The molecule has 2 fully saturated rings. The lowest BCUT2D eigenvalue weighted by Crippen LogP contribution is -2.38. The van der Waals surface area contributed by atoms with Crippen LogP contribution in [0.25, 0.3) is 0 Å². The molecule has 1 aliphatic heterocycles. The molecule has 2 aliphatic rings. The molecular weight excluding hydrogens is 206 g/mol. The van der Waals surface area contributed by atoms with Crippen LogP contribution in [-0.4, -0.2) is 47.8 Å². The summed E-state index contributed by atoms with van der Waals surface area (Å²) < 4.78 is 5.70. The maximum absolute atomic E-state index is 10.6. The van der Waals surface area contributed by atoms with Gasteiger partial charge in [-0.1, -0.05) is 0 Å². The van der Waals surface area contributed by atoms with Gasteiger partial charge in [-0.05, 0) is 32.1 Å². The molecule has 0 aromatic heterocycles. The second-order valence-corrected chi connectivity index (χ2v) is 4.86. The van der Waals surface area contributed by atoms with E-state index in [1.165, 1.54) is 25.7 Å². The van der Waals surface area contributed by atoms with Gasteiger partial charge in [0.05, 0.1) is 12.5 Å². The maximum Gasteiger partial charge on any atom is 0.304 e. The van der Waals surface area contributed by atoms with Crippen LogP contribution < -0.4 is 0 Å². The van der Waals surface area contributed by atoms with Crippen molar-refractivity contribution in [3.05, 3.63) is 0 Å². The molecule has 1 heterocycles. The molecule has 4 heteroatoms. The van der Waals surface area contributed by atoms with Gasteiger partial charge in [0.1, 0.15) is 0 Å². The Hall–Kier alpha value is -0.610. The highest BCUT2D eigenvalue weighted by Crippen LogP contribution is 2.28. The van der Waals surface area contributed by atoms with Crippen LogP contribution >= 0.6 is 0 Å². The van der Waals surface area contributed by atoms with Crippen LogP contribution in [0.2, 0.25) is 0 Å². The van der Waals surface area contributed by atoms with Crippen molar-refractivity contribution in [1.82, 2.24) is 4.90 Å². The number of carboxylic acids is 1. The Kier molecular flexibility index (Phi) is 4.18. The molecule has 0 aromatic carbocycles. The van der Waals surface area contributed by atoms with Crippen LogP contribution in [0.5, 0.6) is 0 Å². The summed E-state index contributed by atoms with van der Waals surface area (Å²) >= 11 is 0. The third-order valence-electron chi connectivity index (χ3n) is 3.39. The standard InChI is InChI=1S/C12H21NO3/c14-12(15)6-7-13(10-4-5-10)9-11-3-1-2-8-16-11/h10-11H,1-9H2,(H,14,15). The van der Waals surface area contributed by atoms with Gasteiger partial charge in [-0.15, -0.1) is 0 Å². The first kappa shape index (κ1) is 11.9. The zero-order chi connectivity index (χ0) is 11.4. The molecular formula is C12H21NO3. The van der Waals surface area contributed by atoms with Crippen molar-refractivity contribution in [2.75, 3.05) is 19.7 Å². The van der Waals surface area contributed by atoms with E-state index < -0.39 is 5.97 Å². The van der Waals surface area contributed by atoms with Gasteiger partial charge in [0.25, 0.3) is 0 Å². The van der Waals surface area contributed by atoms with E-state index >= 15 is 0 Å². The SMILES string of the molecule is O=C(O)CCN(CC1CCCCO1)C1CC1. The molecule has 0 radical (unpaired) electrons. The molecule has 0 amide bonds. The van der Waals surface area contributed by atoms with Crippen molar-refractivity contribution in [3.8, 4) is 0 Å². The number of carbonyl (C=O) groups is 1. The van der Waals surface area contributed by atoms with Crippen molar-refractivity contribution < 1.29 is 14.6 Å². The summed E-state index contributed by atoms with van der Waals surface area (Å²) in [5, 5.41) is 8.71. The quantitative estimate of drug-likeness (QED) is 0.747. The van der Waals surface area contributed by atoms with Gasteiger partial charge < -0.3 is 9.84 Å². The summed E-state index contributed by atoms with van der Waals surface area (Å²) in [6.45, 7) is 2.49. The lowest BCUT2D eigenvalue weighted by Gasteiger charge is -2.29. The van der Waals surface area contributed by atoms with Crippen molar-refractivity contribution in [2.45, 2.75) is 50.7 Å². The molecule has 1 unspecified atom stereocenters. The Morgan fingerprint density at radius 1 is 1.31 bits per heavy atom. The highest BCUT2D eigenvalue weighted by molar-refractivity contribution is 5.66. The maximum atomic E-state index is 10.6. The van der Waals surface area contributed by atoms with E-state index in [9.17, 15) is 4.79 Å². The summed E-state index contributed by atoms with van der Waals surface area (Å²) in [5.41, 5.74) is 0. The van der Waals surface area contributed by atoms with E-state index in [1.807, 2.05) is 0 Å². The lowest BCUT2D eigenvalue weighted by atomic mass is 10.1. The van der Waals surface area contributed by atoms with Crippen LogP contribution in [-0.2, 0) is 9.53 Å². The van der Waals surface area contributed by atoms with Gasteiger partial charge in [-0.2, -0.15) is 0 Å². The molecule has 1 N–H and O–H groups in total. The van der Waals surface area contributed by atoms with Crippen LogP contribution in [0, 0.1) is 0 Å². The normalized spacial score (nSPS) is 25.9. The molecule has 1 saturated heterocycles. The van der Waals surface area contributed by atoms with Crippen LogP contribution in [0.4, 0.5) is 0 Å². The highest BCUT2D eigenvalue weighted by atomic mass is 16.5. The number of nitrogens with zero attached hydrogens (tertiary/aromatic N) is 1. The predicted molar refractivity (Wildman–Crippen MR) is 60.4 cm³/mol. The molecule has 4 nitrogen and oxygen atoms in total. The highest BCUT2D eigenvalue weighted by Gasteiger charge is 2.31. The Labute approximate surface area is 96.6 Å². The molecule has 2 rings (SSSR count). The van der Waals surface area contributed by atoms with E-state index in [1.54, 1.807) is 0 Å². The first-order valence-corrected chi connectivity index (χ1v) is 6.33. The first-order valence-electron chi connectivity index (χ1n) is 6.33. The second kappa shape index (κ2) is 5.64. The number of hydrogen-bond acceptors (Lipinski definition) is 3. The number of aliphatic carboxylic acids is 1. The second-order valence-electron chi connectivity index (χ2n) is 4.86. The van der Waals surface area contributed by atoms with Crippen molar-refractivity contribution >= 4 is 5.97 Å². The minimum atomic E-state index is -0.699. The Morgan fingerprint density at radius 2 is 2.12 bits per heavy atom. The minimum absolute atomic E-state index is 0.253. The fourth-order valence-electron chi connectivity index (χ4n) is 2.31. The monoisotopic (exact) mass is 227 g/mol. The van der Waals surface area contributed by atoms with Gasteiger partial charge in [0, 0.05) is 25.7 Å². The number of ether oxygens (including phenoxy) is 1. The molecule has 1 atom stereocenters. The fraction of sp³-hybridized carbons (Fsp3) is 0.917. The van der Waals surface area contributed by atoms with Gasteiger partial charge in [0.2, 0.25) is 0 Å². The topological polar surface area (TPSA) is 49.8 Å². The van der Waals surface area contributed by atoms with E-state index in [-0.39, 0.29) is 6.42 Å². The predicted octanol–water partition coefficient (Wildman–Crippen LogP) is 1.49. The van der Waals surface area contributed by atoms with E-state index in [2.05, 4.69) is 4.90 Å². The summed E-state index contributed by atoms with van der Waals surface area (Å²) in [5.74, 6) is -0.699. The molecule has 92 valence electrons. The largest absolute Gasteiger partial charge is 0.481 e. The van der Waals surface area contributed by atoms with Crippen LogP contribution in [0.3, 0.4) is 0 Å². The lowest BCUT2D eigenvalue weighted by molar-refractivity contribution is -0.137.